The van der Waals surface area contributed by atoms with Gasteiger partial charge in [-0.15, -0.1) is 0 Å². The van der Waals surface area contributed by atoms with Crippen LogP contribution in [0.4, 0.5) is 21.5 Å². The van der Waals surface area contributed by atoms with Crippen molar-refractivity contribution in [2.45, 2.75) is 6.92 Å². The normalized spacial score (nSPS) is 13.3. The molecule has 3 aromatic carbocycles. The van der Waals surface area contributed by atoms with Gasteiger partial charge in [0.25, 0.3) is 17.7 Å². The van der Waals surface area contributed by atoms with Gasteiger partial charge >= 0.3 is 0 Å². The summed E-state index contributed by atoms with van der Waals surface area (Å²) in [5.74, 6) is -4.15. The molecule has 1 aliphatic rings. The third-order valence-corrected chi connectivity index (χ3v) is 5.97. The highest BCUT2D eigenvalue weighted by Crippen LogP contribution is 2.33. The van der Waals surface area contributed by atoms with Gasteiger partial charge in [-0.1, -0.05) is 41.4 Å². The first-order valence-corrected chi connectivity index (χ1v) is 11.1. The number of hydrogen-bond acceptors (Lipinski definition) is 6. The van der Waals surface area contributed by atoms with Gasteiger partial charge in [-0.25, -0.2) is 9.29 Å². The Kier molecular flexibility index (Phi) is 6.78. The third kappa shape index (κ3) is 4.79. The number of carboxylic acid groups (broad SMARTS) is 1. The number of nitrogens with one attached hydrogen (secondary N) is 2. The number of anilines is 3. The molecule has 0 saturated heterocycles. The quantitative estimate of drug-likeness (QED) is 0.471. The fourth-order valence-corrected chi connectivity index (χ4v) is 3.78. The zero-order chi connectivity index (χ0) is 26.1. The summed E-state index contributed by atoms with van der Waals surface area (Å²) in [6, 6.07) is 13.5. The summed E-state index contributed by atoms with van der Waals surface area (Å²) >= 11 is 11.9. The third-order valence-electron chi connectivity index (χ3n) is 5.33. The molecule has 0 bridgehead atoms. The van der Waals surface area contributed by atoms with Gasteiger partial charge in [0.1, 0.15) is 16.5 Å². The summed E-state index contributed by atoms with van der Waals surface area (Å²) in [5, 5.41) is 15.7. The fourth-order valence-electron chi connectivity index (χ4n) is 3.40. The fraction of sp³-hybridized carbons (Fsp3) is 0.0400. The summed E-state index contributed by atoms with van der Waals surface area (Å²) < 4.78 is 13.5. The van der Waals surface area contributed by atoms with Gasteiger partial charge < -0.3 is 20.5 Å². The van der Waals surface area contributed by atoms with E-state index in [-0.39, 0.29) is 32.6 Å². The lowest BCUT2D eigenvalue weighted by molar-refractivity contribution is -0.255. The van der Waals surface area contributed by atoms with E-state index in [1.165, 1.54) is 36.4 Å². The van der Waals surface area contributed by atoms with Crippen molar-refractivity contribution >= 4 is 64.0 Å². The Bertz CT molecular complexity index is 1470. The number of rotatable bonds is 6. The predicted octanol–water partition coefficient (Wildman–Crippen LogP) is 3.84. The van der Waals surface area contributed by atoms with Crippen LogP contribution in [0.5, 0.6) is 0 Å². The van der Waals surface area contributed by atoms with Gasteiger partial charge in [-0.2, -0.15) is 0 Å². The molecule has 0 spiro atoms. The van der Waals surface area contributed by atoms with Crippen molar-refractivity contribution in [1.29, 1.82) is 0 Å². The van der Waals surface area contributed by atoms with Crippen LogP contribution in [0.2, 0.25) is 5.02 Å². The number of carbonyl (C=O) groups excluding carboxylic acids is 4. The van der Waals surface area contributed by atoms with E-state index in [1.54, 1.807) is 19.1 Å². The van der Waals surface area contributed by atoms with Gasteiger partial charge in [0, 0.05) is 16.9 Å². The molecule has 8 nitrogen and oxygen atoms in total. The molecule has 36 heavy (non-hydrogen) atoms. The maximum Gasteiger partial charge on any atom is 0.283 e. The number of carboxylic acids is 1. The molecule has 3 amide bonds. The number of carbonyl (C=O) groups is 4. The van der Waals surface area contributed by atoms with E-state index < -0.39 is 29.5 Å². The minimum Gasteiger partial charge on any atom is -0.545 e. The highest BCUT2D eigenvalue weighted by atomic mass is 35.5. The summed E-state index contributed by atoms with van der Waals surface area (Å²) in [7, 11) is 0. The summed E-state index contributed by atoms with van der Waals surface area (Å²) in [4.78, 5) is 50.1. The number of amides is 3. The Morgan fingerprint density at radius 3 is 2.22 bits per heavy atom. The lowest BCUT2D eigenvalue weighted by Crippen LogP contribution is -2.32. The molecule has 3 aromatic rings. The molecule has 182 valence electrons. The predicted molar refractivity (Wildman–Crippen MR) is 130 cm³/mol. The van der Waals surface area contributed by atoms with Crippen LogP contribution in [0.1, 0.15) is 26.3 Å². The molecule has 0 unspecified atom stereocenters. The lowest BCUT2D eigenvalue weighted by atomic mass is 10.1. The molecule has 1 aliphatic heterocycles. The Morgan fingerprint density at radius 2 is 1.58 bits per heavy atom. The van der Waals surface area contributed by atoms with Crippen LogP contribution in [0, 0.1) is 12.7 Å². The second kappa shape index (κ2) is 9.80. The summed E-state index contributed by atoms with van der Waals surface area (Å²) in [6.07, 6.45) is 0. The lowest BCUT2D eigenvalue weighted by Gasteiger charge is -2.16. The van der Waals surface area contributed by atoms with Crippen LogP contribution in [-0.4, -0.2) is 23.7 Å². The van der Waals surface area contributed by atoms with Crippen molar-refractivity contribution in [3.63, 3.8) is 0 Å². The SMILES string of the molecule is Cc1ccc(C(=O)Nc2ccc(C(=O)[O-])cc2)cc1NC1=C(Cl)C(=O)N(c2ccc(F)c(Cl)c2)C1=O. The van der Waals surface area contributed by atoms with Crippen molar-refractivity contribution in [3.8, 4) is 0 Å². The number of imide groups is 1. The maximum atomic E-state index is 13.5. The highest BCUT2D eigenvalue weighted by molar-refractivity contribution is 6.53. The van der Waals surface area contributed by atoms with Crippen LogP contribution >= 0.6 is 23.2 Å². The molecule has 0 saturated carbocycles. The van der Waals surface area contributed by atoms with E-state index in [1.807, 2.05) is 0 Å². The van der Waals surface area contributed by atoms with E-state index in [4.69, 9.17) is 23.2 Å². The first kappa shape index (κ1) is 24.9. The van der Waals surface area contributed by atoms with Crippen LogP contribution in [0.15, 0.2) is 71.4 Å². The van der Waals surface area contributed by atoms with Gasteiger partial charge in [0.2, 0.25) is 0 Å². The number of aromatic carboxylic acids is 1. The van der Waals surface area contributed by atoms with Crippen LogP contribution in [-0.2, 0) is 9.59 Å². The monoisotopic (exact) mass is 526 g/mol. The van der Waals surface area contributed by atoms with E-state index in [0.29, 0.717) is 16.9 Å². The molecule has 1 heterocycles. The average molecular weight is 527 g/mol. The molecule has 0 radical (unpaired) electrons. The smallest absolute Gasteiger partial charge is 0.283 e. The molecular weight excluding hydrogens is 512 g/mol. The van der Waals surface area contributed by atoms with Gasteiger partial charge in [0.05, 0.1) is 16.7 Å². The van der Waals surface area contributed by atoms with E-state index in [0.717, 1.165) is 17.0 Å². The first-order chi connectivity index (χ1) is 17.1. The topological polar surface area (TPSA) is 119 Å². The largest absolute Gasteiger partial charge is 0.545 e. The Balaban J connectivity index is 1.56. The van der Waals surface area contributed by atoms with Crippen molar-refractivity contribution in [1.82, 2.24) is 0 Å². The Morgan fingerprint density at radius 1 is 0.917 bits per heavy atom. The van der Waals surface area contributed by atoms with Gasteiger partial charge in [-0.05, 0) is 60.5 Å². The van der Waals surface area contributed by atoms with E-state index in [2.05, 4.69) is 10.6 Å². The average Bonchev–Trinajstić information content (AvgIpc) is 3.05. The molecule has 0 aromatic heterocycles. The van der Waals surface area contributed by atoms with E-state index in [9.17, 15) is 28.7 Å². The van der Waals surface area contributed by atoms with Crippen molar-refractivity contribution in [3.05, 3.63) is 98.9 Å². The first-order valence-electron chi connectivity index (χ1n) is 10.3. The molecule has 11 heteroatoms. The zero-order valence-electron chi connectivity index (χ0n) is 18.4. The number of hydrogen-bond donors (Lipinski definition) is 2. The van der Waals surface area contributed by atoms with Gasteiger partial charge in [0.15, 0.2) is 0 Å². The highest BCUT2D eigenvalue weighted by Gasteiger charge is 2.39. The minimum absolute atomic E-state index is 0.0345. The second-order valence-electron chi connectivity index (χ2n) is 7.71. The number of aryl methyl sites for hydroxylation is 1. The molecular formula is C25H15Cl2FN3O5-. The standard InChI is InChI=1S/C25H16Cl2FN3O5/c1-12-2-3-14(22(32)29-15-6-4-13(5-7-15)25(35)36)10-19(12)30-21-20(27)23(33)31(24(21)34)16-8-9-18(28)17(26)11-16/h2-11,30H,1H3,(H,29,32)(H,35,36)/p-1. The van der Waals surface area contributed by atoms with Crippen molar-refractivity contribution in [2.24, 2.45) is 0 Å². The maximum absolute atomic E-state index is 13.5. The minimum atomic E-state index is -1.34. The van der Waals surface area contributed by atoms with Crippen LogP contribution in [0.25, 0.3) is 0 Å². The molecule has 0 atom stereocenters. The molecule has 0 fully saturated rings. The number of nitrogens with zero attached hydrogens (tertiary/aromatic N) is 1. The van der Waals surface area contributed by atoms with Crippen LogP contribution < -0.4 is 20.6 Å². The van der Waals surface area contributed by atoms with E-state index >= 15 is 0 Å². The number of halogens is 3. The van der Waals surface area contributed by atoms with Crippen molar-refractivity contribution in [2.75, 3.05) is 15.5 Å². The summed E-state index contributed by atoms with van der Waals surface area (Å²) in [6.45, 7) is 1.72. The Hall–Kier alpha value is -4.21. The summed E-state index contributed by atoms with van der Waals surface area (Å²) in [5.41, 5.74) is 1.33. The number of benzene rings is 3. The molecule has 0 aliphatic carbocycles. The molecule has 2 N–H and O–H groups in total. The van der Waals surface area contributed by atoms with Crippen LogP contribution in [0.3, 0.4) is 0 Å². The van der Waals surface area contributed by atoms with Crippen molar-refractivity contribution < 1.29 is 28.7 Å². The Labute approximate surface area is 213 Å². The molecule has 4 rings (SSSR count). The zero-order valence-corrected chi connectivity index (χ0v) is 19.9. The second-order valence-corrected chi connectivity index (χ2v) is 8.49. The van der Waals surface area contributed by atoms with Gasteiger partial charge in [-0.3, -0.25) is 14.4 Å².